The lowest BCUT2D eigenvalue weighted by molar-refractivity contribution is -0.114. The summed E-state index contributed by atoms with van der Waals surface area (Å²) in [6.07, 6.45) is 1.84. The number of aliphatic imine (C=N–C) groups is 1. The first kappa shape index (κ1) is 20.3. The monoisotopic (exact) mass is 368 g/mol. The predicted octanol–water partition coefficient (Wildman–Crippen LogP) is 3.71. The third-order valence-corrected chi connectivity index (χ3v) is 4.26. The number of anilines is 2. The molecule has 6 heteroatoms. The molecule has 0 aliphatic heterocycles. The fourth-order valence-electron chi connectivity index (χ4n) is 2.89. The van der Waals surface area contributed by atoms with Crippen LogP contribution in [0.5, 0.6) is 5.75 Å². The van der Waals surface area contributed by atoms with Crippen LogP contribution in [-0.4, -0.2) is 19.0 Å². The molecule has 0 saturated carbocycles. The number of ether oxygens (including phenoxy) is 1. The zero-order valence-corrected chi connectivity index (χ0v) is 16.4. The molecule has 1 amide bonds. The summed E-state index contributed by atoms with van der Waals surface area (Å²) in [6, 6.07) is 11.8. The fraction of sp³-hybridized carbons (Fsp3) is 0.333. The van der Waals surface area contributed by atoms with Crippen molar-refractivity contribution in [3.8, 4) is 5.75 Å². The maximum absolute atomic E-state index is 11.4. The average Bonchev–Trinajstić information content (AvgIpc) is 2.66. The highest BCUT2D eigenvalue weighted by Gasteiger charge is 2.08. The molecule has 0 fully saturated rings. The smallest absolute Gasteiger partial charge is 0.221 e. The predicted molar refractivity (Wildman–Crippen MR) is 111 cm³/mol. The second-order valence-corrected chi connectivity index (χ2v) is 6.20. The SMILES string of the molecule is CCc1cccc(CC)c1NC(N)=NCc1ccc(OC)c(NC(C)=O)c1. The molecular formula is C21H28N4O2. The van der Waals surface area contributed by atoms with Crippen LogP contribution in [0.4, 0.5) is 11.4 Å². The Morgan fingerprint density at radius 2 is 1.78 bits per heavy atom. The number of rotatable bonds is 7. The van der Waals surface area contributed by atoms with Gasteiger partial charge in [-0.1, -0.05) is 38.1 Å². The van der Waals surface area contributed by atoms with Crippen molar-refractivity contribution in [1.29, 1.82) is 0 Å². The third kappa shape index (κ3) is 5.48. The Labute approximate surface area is 160 Å². The molecule has 0 saturated heterocycles. The molecule has 2 aromatic carbocycles. The number of hydrogen-bond donors (Lipinski definition) is 3. The summed E-state index contributed by atoms with van der Waals surface area (Å²) < 4.78 is 5.27. The van der Waals surface area contributed by atoms with E-state index >= 15 is 0 Å². The Morgan fingerprint density at radius 1 is 1.11 bits per heavy atom. The first-order valence-corrected chi connectivity index (χ1v) is 9.10. The fourth-order valence-corrected chi connectivity index (χ4v) is 2.89. The minimum atomic E-state index is -0.154. The Morgan fingerprint density at radius 3 is 2.33 bits per heavy atom. The summed E-state index contributed by atoms with van der Waals surface area (Å²) >= 11 is 0. The van der Waals surface area contributed by atoms with Crippen LogP contribution in [-0.2, 0) is 24.2 Å². The molecule has 0 atom stereocenters. The van der Waals surface area contributed by atoms with Crippen LogP contribution in [0, 0.1) is 0 Å². The van der Waals surface area contributed by atoms with Crippen molar-refractivity contribution in [1.82, 2.24) is 0 Å². The number of methoxy groups -OCH3 is 1. The van der Waals surface area contributed by atoms with Crippen molar-refractivity contribution in [3.05, 3.63) is 53.1 Å². The number of carbonyl (C=O) groups is 1. The van der Waals surface area contributed by atoms with Crippen molar-refractivity contribution >= 4 is 23.2 Å². The van der Waals surface area contributed by atoms with E-state index in [9.17, 15) is 4.79 Å². The normalized spacial score (nSPS) is 11.2. The molecular weight excluding hydrogens is 340 g/mol. The number of nitrogens with two attached hydrogens (primary N) is 1. The Balaban J connectivity index is 2.18. The van der Waals surface area contributed by atoms with E-state index < -0.39 is 0 Å². The molecule has 2 aromatic rings. The number of benzene rings is 2. The third-order valence-electron chi connectivity index (χ3n) is 4.26. The number of para-hydroxylation sites is 1. The molecule has 0 radical (unpaired) electrons. The summed E-state index contributed by atoms with van der Waals surface area (Å²) in [4.78, 5) is 15.8. The summed E-state index contributed by atoms with van der Waals surface area (Å²) in [5.74, 6) is 0.814. The molecule has 144 valence electrons. The number of amides is 1. The van der Waals surface area contributed by atoms with Crippen LogP contribution < -0.4 is 21.1 Å². The van der Waals surface area contributed by atoms with Gasteiger partial charge in [0.05, 0.1) is 19.3 Å². The van der Waals surface area contributed by atoms with Gasteiger partial charge in [-0.3, -0.25) is 4.79 Å². The lowest BCUT2D eigenvalue weighted by Crippen LogP contribution is -2.24. The number of hydrogen-bond acceptors (Lipinski definition) is 3. The highest BCUT2D eigenvalue weighted by molar-refractivity contribution is 5.94. The Bertz CT molecular complexity index is 809. The van der Waals surface area contributed by atoms with Crippen LogP contribution in [0.15, 0.2) is 41.4 Å². The molecule has 0 aliphatic rings. The molecule has 2 rings (SSSR count). The largest absolute Gasteiger partial charge is 0.495 e. The number of nitrogens with zero attached hydrogens (tertiary/aromatic N) is 1. The maximum Gasteiger partial charge on any atom is 0.221 e. The molecule has 0 spiro atoms. The molecule has 0 bridgehead atoms. The minimum Gasteiger partial charge on any atom is -0.495 e. The first-order valence-electron chi connectivity index (χ1n) is 9.10. The number of nitrogens with one attached hydrogen (secondary N) is 2. The zero-order valence-electron chi connectivity index (χ0n) is 16.4. The number of guanidine groups is 1. The minimum absolute atomic E-state index is 0.154. The Kier molecular flexibility index (Phi) is 7.23. The van der Waals surface area contributed by atoms with Crippen molar-refractivity contribution in [2.75, 3.05) is 17.7 Å². The van der Waals surface area contributed by atoms with E-state index in [1.165, 1.54) is 18.1 Å². The van der Waals surface area contributed by atoms with Gasteiger partial charge >= 0.3 is 0 Å². The zero-order chi connectivity index (χ0) is 19.8. The van der Waals surface area contributed by atoms with Gasteiger partial charge in [-0.15, -0.1) is 0 Å². The molecule has 0 aliphatic carbocycles. The lowest BCUT2D eigenvalue weighted by Gasteiger charge is -2.15. The van der Waals surface area contributed by atoms with E-state index in [0.29, 0.717) is 23.9 Å². The molecule has 27 heavy (non-hydrogen) atoms. The number of carbonyl (C=O) groups excluding carboxylic acids is 1. The van der Waals surface area contributed by atoms with Gasteiger partial charge in [0.25, 0.3) is 0 Å². The molecule has 4 N–H and O–H groups in total. The standard InChI is InChI=1S/C21H28N4O2/c1-5-16-8-7-9-17(6-2)20(16)25-21(22)23-13-15-10-11-19(27-4)18(12-15)24-14(3)26/h7-12H,5-6,13H2,1-4H3,(H,24,26)(H3,22,23,25). The topological polar surface area (TPSA) is 88.7 Å². The Hall–Kier alpha value is -3.02. The first-order chi connectivity index (χ1) is 13.0. The van der Waals surface area contributed by atoms with Crippen LogP contribution in [0.25, 0.3) is 0 Å². The van der Waals surface area contributed by atoms with E-state index in [2.05, 4.69) is 47.7 Å². The van der Waals surface area contributed by atoms with Gasteiger partial charge in [0.1, 0.15) is 5.75 Å². The molecule has 6 nitrogen and oxygen atoms in total. The van der Waals surface area contributed by atoms with Gasteiger partial charge in [-0.05, 0) is 41.7 Å². The summed E-state index contributed by atoms with van der Waals surface area (Å²) in [7, 11) is 1.57. The highest BCUT2D eigenvalue weighted by Crippen LogP contribution is 2.26. The van der Waals surface area contributed by atoms with Gasteiger partial charge in [-0.25, -0.2) is 4.99 Å². The quantitative estimate of drug-likeness (QED) is 0.513. The van der Waals surface area contributed by atoms with Crippen molar-refractivity contribution < 1.29 is 9.53 Å². The van der Waals surface area contributed by atoms with Gasteiger partial charge in [-0.2, -0.15) is 0 Å². The summed E-state index contributed by atoms with van der Waals surface area (Å²) in [5.41, 5.74) is 11.1. The highest BCUT2D eigenvalue weighted by atomic mass is 16.5. The summed E-state index contributed by atoms with van der Waals surface area (Å²) in [6.45, 7) is 6.09. The van der Waals surface area contributed by atoms with Gasteiger partial charge in [0.2, 0.25) is 5.91 Å². The summed E-state index contributed by atoms with van der Waals surface area (Å²) in [5, 5.41) is 6.02. The second kappa shape index (κ2) is 9.62. The van der Waals surface area contributed by atoms with Crippen molar-refractivity contribution in [3.63, 3.8) is 0 Å². The van der Waals surface area contributed by atoms with E-state index in [-0.39, 0.29) is 5.91 Å². The van der Waals surface area contributed by atoms with Crippen LogP contribution in [0.1, 0.15) is 37.5 Å². The van der Waals surface area contributed by atoms with E-state index in [0.717, 1.165) is 24.1 Å². The average molecular weight is 368 g/mol. The van der Waals surface area contributed by atoms with Crippen LogP contribution in [0.3, 0.4) is 0 Å². The van der Waals surface area contributed by atoms with Gasteiger partial charge < -0.3 is 21.1 Å². The van der Waals surface area contributed by atoms with E-state index in [1.54, 1.807) is 13.2 Å². The maximum atomic E-state index is 11.4. The molecule has 0 heterocycles. The van der Waals surface area contributed by atoms with Crippen molar-refractivity contribution in [2.24, 2.45) is 10.7 Å². The second-order valence-electron chi connectivity index (χ2n) is 6.20. The number of aryl methyl sites for hydroxylation is 2. The molecule has 0 aromatic heterocycles. The van der Waals surface area contributed by atoms with Crippen LogP contribution in [0.2, 0.25) is 0 Å². The molecule has 0 unspecified atom stereocenters. The van der Waals surface area contributed by atoms with Crippen molar-refractivity contribution in [2.45, 2.75) is 40.2 Å². The van der Waals surface area contributed by atoms with Gasteiger partial charge in [0, 0.05) is 12.6 Å². The van der Waals surface area contributed by atoms with Gasteiger partial charge in [0.15, 0.2) is 5.96 Å². The van der Waals surface area contributed by atoms with Crippen LogP contribution >= 0.6 is 0 Å². The lowest BCUT2D eigenvalue weighted by atomic mass is 10.0. The van der Waals surface area contributed by atoms with E-state index in [1.807, 2.05) is 12.1 Å². The van der Waals surface area contributed by atoms with E-state index in [4.69, 9.17) is 10.5 Å².